The zero-order valence-electron chi connectivity index (χ0n) is 7.78. The van der Waals surface area contributed by atoms with Crippen LogP contribution in [-0.2, 0) is 0 Å². The van der Waals surface area contributed by atoms with Gasteiger partial charge in [0.1, 0.15) is 0 Å². The van der Waals surface area contributed by atoms with Crippen molar-refractivity contribution in [2.75, 3.05) is 0 Å². The smallest absolute Gasteiger partial charge is 0.0696 e. The second kappa shape index (κ2) is 4.50. The van der Waals surface area contributed by atoms with Gasteiger partial charge in [-0.15, -0.1) is 0 Å². The first kappa shape index (κ1) is 10.6. The molecule has 0 aromatic carbocycles. The van der Waals surface area contributed by atoms with Crippen LogP contribution >= 0.6 is 0 Å². The van der Waals surface area contributed by atoms with E-state index < -0.39 is 5.60 Å². The highest BCUT2D eigenvalue weighted by Crippen LogP contribution is 2.21. The van der Waals surface area contributed by atoms with E-state index in [4.69, 9.17) is 5.41 Å². The molecule has 2 heteroatoms. The summed E-state index contributed by atoms with van der Waals surface area (Å²) in [6.07, 6.45) is 3.06. The zero-order valence-corrected chi connectivity index (χ0v) is 7.78. The van der Waals surface area contributed by atoms with Crippen molar-refractivity contribution in [2.45, 2.75) is 52.1 Å². The molecular weight excluding hydrogens is 138 g/mol. The predicted octanol–water partition coefficient (Wildman–Crippen LogP) is 2.36. The highest BCUT2D eigenvalue weighted by molar-refractivity contribution is 5.79. The fraction of sp³-hybridized carbons (Fsp3) is 0.889. The van der Waals surface area contributed by atoms with Crippen LogP contribution in [0.15, 0.2) is 0 Å². The molecular formula is C9H19NO. The van der Waals surface area contributed by atoms with Gasteiger partial charge < -0.3 is 10.5 Å². The van der Waals surface area contributed by atoms with Crippen molar-refractivity contribution < 1.29 is 5.11 Å². The van der Waals surface area contributed by atoms with E-state index in [9.17, 15) is 5.11 Å². The van der Waals surface area contributed by atoms with Crippen LogP contribution in [0.3, 0.4) is 0 Å². The maximum Gasteiger partial charge on any atom is 0.0696 e. The summed E-state index contributed by atoms with van der Waals surface area (Å²) >= 11 is 0. The molecule has 0 heterocycles. The minimum Gasteiger partial charge on any atom is -0.390 e. The van der Waals surface area contributed by atoms with Gasteiger partial charge in [0.15, 0.2) is 0 Å². The SMILES string of the molecule is CCCC(O)(CC)CC(C)=N. The van der Waals surface area contributed by atoms with Gasteiger partial charge in [-0.25, -0.2) is 0 Å². The van der Waals surface area contributed by atoms with E-state index in [1.165, 1.54) is 0 Å². The van der Waals surface area contributed by atoms with Gasteiger partial charge in [0, 0.05) is 12.1 Å². The van der Waals surface area contributed by atoms with Gasteiger partial charge in [-0.2, -0.15) is 0 Å². The molecule has 0 aromatic rings. The van der Waals surface area contributed by atoms with E-state index in [-0.39, 0.29) is 0 Å². The molecule has 0 aliphatic rings. The molecule has 0 bridgehead atoms. The highest BCUT2D eigenvalue weighted by atomic mass is 16.3. The first-order chi connectivity index (χ1) is 5.04. The lowest BCUT2D eigenvalue weighted by Crippen LogP contribution is -2.29. The average molecular weight is 157 g/mol. The Labute approximate surface area is 69.1 Å². The van der Waals surface area contributed by atoms with Crippen LogP contribution in [0, 0.1) is 5.41 Å². The summed E-state index contributed by atoms with van der Waals surface area (Å²) < 4.78 is 0. The number of rotatable bonds is 5. The lowest BCUT2D eigenvalue weighted by Gasteiger charge is -2.25. The Balaban J connectivity index is 3.98. The average Bonchev–Trinajstić information content (AvgIpc) is 1.87. The maximum atomic E-state index is 9.85. The van der Waals surface area contributed by atoms with E-state index in [2.05, 4.69) is 6.92 Å². The van der Waals surface area contributed by atoms with Gasteiger partial charge in [-0.3, -0.25) is 0 Å². The summed E-state index contributed by atoms with van der Waals surface area (Å²) in [6.45, 7) is 5.77. The molecule has 11 heavy (non-hydrogen) atoms. The third-order valence-corrected chi connectivity index (χ3v) is 1.97. The molecule has 0 fully saturated rings. The van der Waals surface area contributed by atoms with Gasteiger partial charge in [0.25, 0.3) is 0 Å². The number of nitrogens with one attached hydrogen (secondary N) is 1. The van der Waals surface area contributed by atoms with Crippen molar-refractivity contribution >= 4 is 5.71 Å². The standard InChI is InChI=1S/C9H19NO/c1-4-6-9(11,5-2)7-8(3)10/h10-11H,4-7H2,1-3H3. The number of hydrogen-bond acceptors (Lipinski definition) is 2. The third kappa shape index (κ3) is 4.14. The Kier molecular flexibility index (Phi) is 4.34. The quantitative estimate of drug-likeness (QED) is 0.591. The van der Waals surface area contributed by atoms with Crippen molar-refractivity contribution in [3.8, 4) is 0 Å². The lowest BCUT2D eigenvalue weighted by molar-refractivity contribution is 0.0338. The Morgan fingerprint density at radius 2 is 2.00 bits per heavy atom. The third-order valence-electron chi connectivity index (χ3n) is 1.97. The Hall–Kier alpha value is -0.370. The topological polar surface area (TPSA) is 44.1 Å². The van der Waals surface area contributed by atoms with Crippen LogP contribution in [-0.4, -0.2) is 16.4 Å². The van der Waals surface area contributed by atoms with Gasteiger partial charge >= 0.3 is 0 Å². The molecule has 0 aliphatic heterocycles. The molecule has 1 atom stereocenters. The van der Waals surface area contributed by atoms with Crippen molar-refractivity contribution in [1.82, 2.24) is 0 Å². The molecule has 0 amide bonds. The van der Waals surface area contributed by atoms with Crippen molar-refractivity contribution in [1.29, 1.82) is 5.41 Å². The Morgan fingerprint density at radius 1 is 1.45 bits per heavy atom. The minimum absolute atomic E-state index is 0.525. The van der Waals surface area contributed by atoms with E-state index in [1.807, 2.05) is 6.92 Å². The van der Waals surface area contributed by atoms with Gasteiger partial charge in [0.2, 0.25) is 0 Å². The molecule has 66 valence electrons. The Morgan fingerprint density at radius 3 is 2.27 bits per heavy atom. The number of aliphatic hydroxyl groups is 1. The largest absolute Gasteiger partial charge is 0.390 e. The molecule has 2 N–H and O–H groups in total. The van der Waals surface area contributed by atoms with E-state index >= 15 is 0 Å². The van der Waals surface area contributed by atoms with Crippen molar-refractivity contribution in [2.24, 2.45) is 0 Å². The van der Waals surface area contributed by atoms with Crippen molar-refractivity contribution in [3.63, 3.8) is 0 Å². The van der Waals surface area contributed by atoms with E-state index in [0.29, 0.717) is 12.1 Å². The predicted molar refractivity (Wildman–Crippen MR) is 48.2 cm³/mol. The minimum atomic E-state index is -0.611. The summed E-state index contributed by atoms with van der Waals surface area (Å²) in [4.78, 5) is 0. The van der Waals surface area contributed by atoms with Crippen LogP contribution in [0.25, 0.3) is 0 Å². The van der Waals surface area contributed by atoms with Gasteiger partial charge in [0.05, 0.1) is 5.60 Å². The first-order valence-electron chi connectivity index (χ1n) is 4.30. The van der Waals surface area contributed by atoms with Crippen LogP contribution < -0.4 is 0 Å². The monoisotopic (exact) mass is 157 g/mol. The van der Waals surface area contributed by atoms with Crippen LogP contribution in [0.1, 0.15) is 46.5 Å². The van der Waals surface area contributed by atoms with Crippen LogP contribution in [0.5, 0.6) is 0 Å². The van der Waals surface area contributed by atoms with Crippen LogP contribution in [0.4, 0.5) is 0 Å². The zero-order chi connectivity index (χ0) is 8.91. The van der Waals surface area contributed by atoms with Gasteiger partial charge in [-0.05, 0) is 19.8 Å². The molecule has 0 aromatic heterocycles. The molecule has 0 rings (SSSR count). The fourth-order valence-electron chi connectivity index (χ4n) is 1.35. The number of hydrogen-bond donors (Lipinski definition) is 2. The molecule has 0 spiro atoms. The highest BCUT2D eigenvalue weighted by Gasteiger charge is 2.23. The molecule has 0 aliphatic carbocycles. The summed E-state index contributed by atoms with van der Waals surface area (Å²) in [5, 5.41) is 17.1. The summed E-state index contributed by atoms with van der Waals surface area (Å²) in [7, 11) is 0. The summed E-state index contributed by atoms with van der Waals surface area (Å²) in [5.41, 5.74) is -0.0385. The molecule has 0 saturated heterocycles. The van der Waals surface area contributed by atoms with Crippen molar-refractivity contribution in [3.05, 3.63) is 0 Å². The molecule has 1 unspecified atom stereocenters. The second-order valence-electron chi connectivity index (χ2n) is 3.29. The Bertz CT molecular complexity index is 134. The van der Waals surface area contributed by atoms with E-state index in [0.717, 1.165) is 19.3 Å². The normalized spacial score (nSPS) is 16.0. The maximum absolute atomic E-state index is 9.85. The van der Waals surface area contributed by atoms with Gasteiger partial charge in [-0.1, -0.05) is 20.3 Å². The lowest BCUT2D eigenvalue weighted by atomic mass is 9.89. The molecule has 0 saturated carbocycles. The second-order valence-corrected chi connectivity index (χ2v) is 3.29. The molecule has 2 nitrogen and oxygen atoms in total. The van der Waals surface area contributed by atoms with Crippen LogP contribution in [0.2, 0.25) is 0 Å². The summed E-state index contributed by atoms with van der Waals surface area (Å²) in [6, 6.07) is 0. The first-order valence-corrected chi connectivity index (χ1v) is 4.30. The fourth-order valence-corrected chi connectivity index (χ4v) is 1.35. The molecule has 0 radical (unpaired) electrons. The summed E-state index contributed by atoms with van der Waals surface area (Å²) in [5.74, 6) is 0. The van der Waals surface area contributed by atoms with E-state index in [1.54, 1.807) is 6.92 Å².